The molecule has 4 aromatic rings. The molecule has 0 radical (unpaired) electrons. The van der Waals surface area contributed by atoms with Crippen molar-refractivity contribution < 1.29 is 28.2 Å². The van der Waals surface area contributed by atoms with E-state index in [1.54, 1.807) is 55.5 Å². The van der Waals surface area contributed by atoms with Crippen LogP contribution in [0.1, 0.15) is 35.2 Å². The smallest absolute Gasteiger partial charge is 0.285 e. The maximum Gasteiger partial charge on any atom is 0.285 e. The minimum Gasteiger partial charge on any atom is -0.493 e. The summed E-state index contributed by atoms with van der Waals surface area (Å²) >= 11 is 4.50. The van der Waals surface area contributed by atoms with Crippen molar-refractivity contribution in [3.63, 3.8) is 0 Å². The zero-order chi connectivity index (χ0) is 37.0. The van der Waals surface area contributed by atoms with E-state index in [-0.39, 0.29) is 34.8 Å². The fourth-order valence-corrected chi connectivity index (χ4v) is 6.64. The number of rotatable bonds is 13. The normalized spacial score (nSPS) is 14.2. The van der Waals surface area contributed by atoms with E-state index < -0.39 is 17.9 Å². The van der Waals surface area contributed by atoms with Gasteiger partial charge in [0.1, 0.15) is 18.0 Å². The van der Waals surface area contributed by atoms with Gasteiger partial charge in [-0.15, -0.1) is 0 Å². The highest BCUT2D eigenvalue weighted by molar-refractivity contribution is 9.10. The number of benzene rings is 4. The van der Waals surface area contributed by atoms with E-state index in [0.717, 1.165) is 28.5 Å². The summed E-state index contributed by atoms with van der Waals surface area (Å²) in [6.45, 7) is 5.63. The lowest BCUT2D eigenvalue weighted by molar-refractivity contribution is -0.126. The highest BCUT2D eigenvalue weighted by Crippen LogP contribution is 2.38. The number of thioether (sulfide) groups is 1. The van der Waals surface area contributed by atoms with Crippen molar-refractivity contribution in [3.05, 3.63) is 172 Å². The number of halogens is 2. The molecular formula is C41H35BrFN3O5S. The van der Waals surface area contributed by atoms with Crippen LogP contribution in [0, 0.1) is 5.82 Å². The SMILES string of the molecule is C=C/C=C\C(=C/C)N1C(=O)/C(=C/c2cc(Br)c(OCc3ccc(F)cc3)c(OC)c2)C(=O)N=C1SCC(=O)NC(c1ccccc1)c1ccccc1. The van der Waals surface area contributed by atoms with Crippen molar-refractivity contribution in [1.82, 2.24) is 10.2 Å². The average molecular weight is 781 g/mol. The number of hydrogen-bond acceptors (Lipinski definition) is 6. The van der Waals surface area contributed by atoms with Crippen molar-refractivity contribution in [1.29, 1.82) is 0 Å². The van der Waals surface area contributed by atoms with Gasteiger partial charge in [-0.05, 0) is 81.5 Å². The Kier molecular flexibility index (Phi) is 13.1. The summed E-state index contributed by atoms with van der Waals surface area (Å²) in [6, 6.07) is 28.1. The molecule has 11 heteroatoms. The second-order valence-electron chi connectivity index (χ2n) is 11.3. The molecule has 1 aliphatic heterocycles. The molecule has 0 spiro atoms. The molecule has 0 bridgehead atoms. The number of amides is 3. The Morgan fingerprint density at radius 2 is 1.67 bits per heavy atom. The van der Waals surface area contributed by atoms with Crippen LogP contribution in [0.15, 0.2) is 149 Å². The standard InChI is InChI=1S/C41H35BrFN3O5S/c1-4-6-17-32(5-2)46-40(49)33(22-28-23-34(42)38(35(24-28)50-3)51-25-27-18-20-31(43)21-19-27)39(48)45-41(46)52-26-36(47)44-37(29-13-9-7-10-14-29)30-15-11-8-12-16-30/h4-24,37H,1,25-26H2,2-3H3,(H,44,47)/b17-6-,32-5+,33-22+. The number of hydrogen-bond donors (Lipinski definition) is 1. The number of allylic oxidation sites excluding steroid dienone is 4. The zero-order valence-corrected chi connectivity index (χ0v) is 30.8. The number of methoxy groups -OCH3 is 1. The van der Waals surface area contributed by atoms with Crippen LogP contribution in [0.2, 0.25) is 0 Å². The lowest BCUT2D eigenvalue weighted by atomic mass is 9.99. The molecule has 0 saturated carbocycles. The number of amidine groups is 1. The van der Waals surface area contributed by atoms with Crippen LogP contribution in [0.25, 0.3) is 6.08 Å². The van der Waals surface area contributed by atoms with Crippen molar-refractivity contribution in [2.45, 2.75) is 19.6 Å². The molecular weight excluding hydrogens is 745 g/mol. The Bertz CT molecular complexity index is 2030. The first-order valence-electron chi connectivity index (χ1n) is 16.1. The van der Waals surface area contributed by atoms with E-state index in [9.17, 15) is 18.8 Å². The predicted molar refractivity (Wildman–Crippen MR) is 207 cm³/mol. The van der Waals surface area contributed by atoms with Gasteiger partial charge >= 0.3 is 0 Å². The molecule has 1 heterocycles. The van der Waals surface area contributed by atoms with Crippen molar-refractivity contribution in [3.8, 4) is 11.5 Å². The van der Waals surface area contributed by atoms with Crippen LogP contribution in [-0.4, -0.2) is 40.7 Å². The summed E-state index contributed by atoms with van der Waals surface area (Å²) in [5.41, 5.74) is 3.28. The summed E-state index contributed by atoms with van der Waals surface area (Å²) in [5.74, 6) is -1.42. The molecule has 0 aliphatic carbocycles. The van der Waals surface area contributed by atoms with E-state index in [2.05, 4.69) is 32.8 Å². The number of carbonyl (C=O) groups excluding carboxylic acids is 3. The maximum absolute atomic E-state index is 14.1. The molecule has 8 nitrogen and oxygen atoms in total. The lowest BCUT2D eigenvalue weighted by Crippen LogP contribution is -2.42. The van der Waals surface area contributed by atoms with Gasteiger partial charge in [0.05, 0.1) is 23.4 Å². The molecule has 4 aromatic carbocycles. The van der Waals surface area contributed by atoms with Crippen LogP contribution >= 0.6 is 27.7 Å². The summed E-state index contributed by atoms with van der Waals surface area (Å²) in [5, 5.41) is 3.15. The molecule has 0 saturated heterocycles. The van der Waals surface area contributed by atoms with Crippen LogP contribution in [0.5, 0.6) is 11.5 Å². The third-order valence-electron chi connectivity index (χ3n) is 7.77. The van der Waals surface area contributed by atoms with Gasteiger partial charge in [-0.3, -0.25) is 19.3 Å². The molecule has 1 aliphatic rings. The van der Waals surface area contributed by atoms with Crippen molar-refractivity contribution in [2.24, 2.45) is 4.99 Å². The molecule has 3 amide bonds. The van der Waals surface area contributed by atoms with E-state index in [0.29, 0.717) is 27.2 Å². The molecule has 52 heavy (non-hydrogen) atoms. The number of aliphatic imine (C=N–C) groups is 1. The summed E-state index contributed by atoms with van der Waals surface area (Å²) < 4.78 is 25.4. The highest BCUT2D eigenvalue weighted by atomic mass is 79.9. The number of nitrogens with one attached hydrogen (secondary N) is 1. The van der Waals surface area contributed by atoms with Gasteiger partial charge < -0.3 is 14.8 Å². The minimum atomic E-state index is -0.759. The van der Waals surface area contributed by atoms with Gasteiger partial charge in [0.15, 0.2) is 16.7 Å². The van der Waals surface area contributed by atoms with Gasteiger partial charge in [0, 0.05) is 5.70 Å². The fraction of sp³-hybridized carbons (Fsp3) is 0.122. The largest absolute Gasteiger partial charge is 0.493 e. The molecule has 0 aromatic heterocycles. The van der Waals surface area contributed by atoms with E-state index in [4.69, 9.17) is 9.47 Å². The van der Waals surface area contributed by atoms with Gasteiger partial charge in [-0.1, -0.05) is 109 Å². The summed E-state index contributed by atoms with van der Waals surface area (Å²) in [7, 11) is 1.47. The maximum atomic E-state index is 14.1. The Hall–Kier alpha value is -5.52. The van der Waals surface area contributed by atoms with Crippen molar-refractivity contribution in [2.75, 3.05) is 12.9 Å². The first kappa shape index (κ1) is 37.7. The lowest BCUT2D eigenvalue weighted by Gasteiger charge is -2.28. The topological polar surface area (TPSA) is 97.3 Å². The Labute approximate surface area is 314 Å². The van der Waals surface area contributed by atoms with E-state index in [1.807, 2.05) is 60.7 Å². The third kappa shape index (κ3) is 9.42. The van der Waals surface area contributed by atoms with Crippen molar-refractivity contribution >= 4 is 56.7 Å². The molecule has 1 N–H and O–H groups in total. The molecule has 0 atom stereocenters. The Morgan fingerprint density at radius 3 is 2.27 bits per heavy atom. The predicted octanol–water partition coefficient (Wildman–Crippen LogP) is 8.57. The van der Waals surface area contributed by atoms with Crippen LogP contribution in [0.3, 0.4) is 0 Å². The van der Waals surface area contributed by atoms with E-state index >= 15 is 0 Å². The number of nitrogens with zero attached hydrogens (tertiary/aromatic N) is 2. The second kappa shape index (κ2) is 18.1. The minimum absolute atomic E-state index is 0.0587. The van der Waals surface area contributed by atoms with Gasteiger partial charge in [-0.25, -0.2) is 4.39 Å². The van der Waals surface area contributed by atoms with Crippen LogP contribution in [-0.2, 0) is 21.0 Å². The Balaban J connectivity index is 1.41. The second-order valence-corrected chi connectivity index (χ2v) is 13.1. The van der Waals surface area contributed by atoms with E-state index in [1.165, 1.54) is 30.2 Å². The summed E-state index contributed by atoms with van der Waals surface area (Å²) in [4.78, 5) is 46.7. The fourth-order valence-electron chi connectivity index (χ4n) is 5.26. The summed E-state index contributed by atoms with van der Waals surface area (Å²) in [6.07, 6.45) is 8.03. The quantitative estimate of drug-likeness (QED) is 0.0830. The van der Waals surface area contributed by atoms with Crippen LogP contribution < -0.4 is 14.8 Å². The highest BCUT2D eigenvalue weighted by Gasteiger charge is 2.35. The van der Waals surface area contributed by atoms with Gasteiger partial charge in [-0.2, -0.15) is 4.99 Å². The monoisotopic (exact) mass is 779 g/mol. The molecule has 264 valence electrons. The number of carbonyl (C=O) groups is 3. The van der Waals surface area contributed by atoms with Gasteiger partial charge in [0.2, 0.25) is 5.91 Å². The van der Waals surface area contributed by atoms with Crippen LogP contribution in [0.4, 0.5) is 4.39 Å². The molecule has 5 rings (SSSR count). The first-order chi connectivity index (χ1) is 25.2. The molecule has 0 fully saturated rings. The number of ether oxygens (including phenoxy) is 2. The van der Waals surface area contributed by atoms with Gasteiger partial charge in [0.25, 0.3) is 11.8 Å². The molecule has 0 unspecified atom stereocenters. The average Bonchev–Trinajstić information content (AvgIpc) is 3.16. The zero-order valence-electron chi connectivity index (χ0n) is 28.4. The Morgan fingerprint density at radius 1 is 1.02 bits per heavy atom. The first-order valence-corrected chi connectivity index (χ1v) is 17.9. The third-order valence-corrected chi connectivity index (χ3v) is 9.30.